The van der Waals surface area contributed by atoms with Gasteiger partial charge in [0.1, 0.15) is 0 Å². The van der Waals surface area contributed by atoms with Gasteiger partial charge >= 0.3 is 0 Å². The third-order valence-corrected chi connectivity index (χ3v) is 4.55. The van der Waals surface area contributed by atoms with Gasteiger partial charge in [-0.05, 0) is 40.2 Å². The predicted octanol–water partition coefficient (Wildman–Crippen LogP) is 3.28. The third-order valence-electron chi connectivity index (χ3n) is 2.36. The van der Waals surface area contributed by atoms with E-state index in [-0.39, 0.29) is 0 Å². The van der Waals surface area contributed by atoms with Gasteiger partial charge in [0, 0.05) is 20.0 Å². The van der Waals surface area contributed by atoms with Crippen molar-refractivity contribution in [1.29, 1.82) is 0 Å². The van der Waals surface area contributed by atoms with Crippen molar-refractivity contribution in [2.75, 3.05) is 5.73 Å². The molecule has 0 unspecified atom stereocenters. The monoisotopic (exact) mass is 322 g/mol. The molecule has 92 valence electrons. The van der Waals surface area contributed by atoms with Crippen LogP contribution in [0.1, 0.15) is 10.4 Å². The lowest BCUT2D eigenvalue weighted by Gasteiger charge is -2.10. The Kier molecular flexibility index (Phi) is 3.93. The minimum Gasteiger partial charge on any atom is -0.398 e. The number of nitrogen functional groups attached to an aromatic ring is 1. The summed E-state index contributed by atoms with van der Waals surface area (Å²) in [6.45, 7) is 0. The highest BCUT2D eigenvalue weighted by Gasteiger charge is 2.13. The maximum Gasteiger partial charge on any atom is 0.249 e. The maximum atomic E-state index is 11.4. The topological polar surface area (TPSA) is 69.1 Å². The van der Waals surface area contributed by atoms with Crippen LogP contribution in [0.3, 0.4) is 0 Å². The van der Waals surface area contributed by atoms with Gasteiger partial charge in [0.25, 0.3) is 0 Å². The number of halogens is 1. The van der Waals surface area contributed by atoms with Crippen molar-refractivity contribution in [1.82, 2.24) is 0 Å². The molecular formula is C13H11BrN2OS. The first-order valence-corrected chi connectivity index (χ1v) is 6.81. The number of rotatable bonds is 3. The number of carbonyl (C=O) groups excluding carboxylic acids is 1. The van der Waals surface area contributed by atoms with Gasteiger partial charge < -0.3 is 11.5 Å². The Balaban J connectivity index is 2.46. The molecule has 0 aliphatic heterocycles. The molecule has 3 nitrogen and oxygen atoms in total. The zero-order valence-corrected chi connectivity index (χ0v) is 11.8. The first-order valence-electron chi connectivity index (χ1n) is 5.20. The fourth-order valence-electron chi connectivity index (χ4n) is 1.50. The highest BCUT2D eigenvalue weighted by Crippen LogP contribution is 2.38. The largest absolute Gasteiger partial charge is 0.398 e. The summed E-state index contributed by atoms with van der Waals surface area (Å²) in [7, 11) is 0. The number of nitrogens with two attached hydrogens (primary N) is 2. The van der Waals surface area contributed by atoms with E-state index < -0.39 is 5.91 Å². The quantitative estimate of drug-likeness (QED) is 0.852. The van der Waals surface area contributed by atoms with Crippen molar-refractivity contribution in [2.24, 2.45) is 5.73 Å². The van der Waals surface area contributed by atoms with Crippen LogP contribution in [0.15, 0.2) is 56.7 Å². The average Bonchev–Trinajstić information content (AvgIpc) is 2.34. The van der Waals surface area contributed by atoms with E-state index in [1.54, 1.807) is 18.2 Å². The van der Waals surface area contributed by atoms with Crippen molar-refractivity contribution in [3.8, 4) is 0 Å². The minimum atomic E-state index is -0.475. The Morgan fingerprint density at radius 1 is 1.11 bits per heavy atom. The molecule has 0 heterocycles. The van der Waals surface area contributed by atoms with Gasteiger partial charge in [-0.25, -0.2) is 0 Å². The van der Waals surface area contributed by atoms with E-state index in [1.165, 1.54) is 11.8 Å². The summed E-state index contributed by atoms with van der Waals surface area (Å²) < 4.78 is 0.952. The van der Waals surface area contributed by atoms with E-state index in [0.29, 0.717) is 16.1 Å². The molecule has 2 aromatic rings. The number of benzene rings is 2. The van der Waals surface area contributed by atoms with Crippen LogP contribution >= 0.6 is 27.7 Å². The summed E-state index contributed by atoms with van der Waals surface area (Å²) in [6.07, 6.45) is 0. The zero-order chi connectivity index (χ0) is 13.1. The van der Waals surface area contributed by atoms with Gasteiger partial charge in [0.05, 0.1) is 5.56 Å². The summed E-state index contributed by atoms with van der Waals surface area (Å²) in [5.74, 6) is -0.475. The van der Waals surface area contributed by atoms with Gasteiger partial charge in [-0.2, -0.15) is 0 Å². The minimum absolute atomic E-state index is 0.441. The summed E-state index contributed by atoms with van der Waals surface area (Å²) in [4.78, 5) is 13.1. The van der Waals surface area contributed by atoms with E-state index in [4.69, 9.17) is 11.5 Å². The highest BCUT2D eigenvalue weighted by atomic mass is 79.9. The molecular weight excluding hydrogens is 312 g/mol. The summed E-state index contributed by atoms with van der Waals surface area (Å²) in [6, 6.07) is 12.9. The Morgan fingerprint density at radius 2 is 1.83 bits per heavy atom. The Bertz CT molecular complexity index is 601. The van der Waals surface area contributed by atoms with E-state index in [0.717, 1.165) is 9.37 Å². The number of amides is 1. The number of carbonyl (C=O) groups is 1. The highest BCUT2D eigenvalue weighted by molar-refractivity contribution is 9.10. The predicted molar refractivity (Wildman–Crippen MR) is 77.6 cm³/mol. The summed E-state index contributed by atoms with van der Waals surface area (Å²) in [5, 5.41) is 0. The van der Waals surface area contributed by atoms with Crippen molar-refractivity contribution in [3.05, 3.63) is 52.5 Å². The number of primary amides is 1. The first kappa shape index (κ1) is 13.0. The lowest BCUT2D eigenvalue weighted by atomic mass is 10.2. The Hall–Kier alpha value is -1.46. The molecule has 5 heteroatoms. The van der Waals surface area contributed by atoms with E-state index >= 15 is 0 Å². The van der Waals surface area contributed by atoms with Crippen LogP contribution in [0.4, 0.5) is 5.69 Å². The smallest absolute Gasteiger partial charge is 0.249 e. The molecule has 2 aromatic carbocycles. The second-order valence-electron chi connectivity index (χ2n) is 3.62. The standard InChI is InChI=1S/C13H11BrN2OS/c14-9-5-1-2-7-11(9)18-12-8(13(16)17)4-3-6-10(12)15/h1-7H,15H2,(H2,16,17). The van der Waals surface area contributed by atoms with Crippen LogP contribution in [-0.4, -0.2) is 5.91 Å². The molecule has 0 aliphatic rings. The number of hydrogen-bond donors (Lipinski definition) is 2. The third kappa shape index (κ3) is 2.68. The summed E-state index contributed by atoms with van der Waals surface area (Å²) in [5.41, 5.74) is 12.3. The van der Waals surface area contributed by atoms with E-state index in [1.807, 2.05) is 24.3 Å². The average molecular weight is 323 g/mol. The Labute approximate surface area is 118 Å². The Morgan fingerprint density at radius 3 is 2.50 bits per heavy atom. The van der Waals surface area contributed by atoms with Crippen LogP contribution < -0.4 is 11.5 Å². The molecule has 1 amide bonds. The number of hydrogen-bond acceptors (Lipinski definition) is 3. The molecule has 0 saturated heterocycles. The SMILES string of the molecule is NC(=O)c1cccc(N)c1Sc1ccccc1Br. The normalized spacial score (nSPS) is 10.3. The van der Waals surface area contributed by atoms with Crippen molar-refractivity contribution >= 4 is 39.3 Å². The molecule has 4 N–H and O–H groups in total. The zero-order valence-electron chi connectivity index (χ0n) is 9.39. The summed E-state index contributed by atoms with van der Waals surface area (Å²) >= 11 is 4.89. The molecule has 0 aromatic heterocycles. The molecule has 18 heavy (non-hydrogen) atoms. The molecule has 0 atom stereocenters. The van der Waals surface area contributed by atoms with Gasteiger partial charge in [-0.3, -0.25) is 4.79 Å². The van der Waals surface area contributed by atoms with Crippen molar-refractivity contribution < 1.29 is 4.79 Å². The van der Waals surface area contributed by atoms with Gasteiger partial charge in [-0.15, -0.1) is 0 Å². The van der Waals surface area contributed by atoms with Crippen molar-refractivity contribution in [3.63, 3.8) is 0 Å². The van der Waals surface area contributed by atoms with Crippen LogP contribution in [0, 0.1) is 0 Å². The van der Waals surface area contributed by atoms with Crippen LogP contribution in [0.5, 0.6) is 0 Å². The second kappa shape index (κ2) is 5.46. The van der Waals surface area contributed by atoms with Gasteiger partial charge in [0.2, 0.25) is 5.91 Å². The van der Waals surface area contributed by atoms with E-state index in [2.05, 4.69) is 15.9 Å². The van der Waals surface area contributed by atoms with E-state index in [9.17, 15) is 4.79 Å². The second-order valence-corrected chi connectivity index (χ2v) is 5.53. The van der Waals surface area contributed by atoms with Crippen LogP contribution in [-0.2, 0) is 0 Å². The molecule has 0 aliphatic carbocycles. The van der Waals surface area contributed by atoms with Crippen LogP contribution in [0.25, 0.3) is 0 Å². The molecule has 0 radical (unpaired) electrons. The maximum absolute atomic E-state index is 11.4. The fourth-order valence-corrected chi connectivity index (χ4v) is 3.02. The molecule has 0 bridgehead atoms. The molecule has 0 spiro atoms. The number of anilines is 1. The lowest BCUT2D eigenvalue weighted by molar-refractivity contribution is 0.0997. The fraction of sp³-hybridized carbons (Fsp3) is 0. The molecule has 0 saturated carbocycles. The van der Waals surface area contributed by atoms with Gasteiger partial charge in [0.15, 0.2) is 0 Å². The first-order chi connectivity index (χ1) is 8.59. The van der Waals surface area contributed by atoms with Crippen LogP contribution in [0.2, 0.25) is 0 Å². The van der Waals surface area contributed by atoms with Crippen molar-refractivity contribution in [2.45, 2.75) is 9.79 Å². The lowest BCUT2D eigenvalue weighted by Crippen LogP contribution is -2.13. The molecule has 2 rings (SSSR count). The van der Waals surface area contributed by atoms with Gasteiger partial charge in [-0.1, -0.05) is 30.0 Å². The molecule has 0 fully saturated rings.